The van der Waals surface area contributed by atoms with Crippen LogP contribution in [0.15, 0.2) is 24.3 Å². The Morgan fingerprint density at radius 2 is 1.93 bits per heavy atom. The van der Waals surface area contributed by atoms with Crippen molar-refractivity contribution >= 4 is 11.4 Å². The van der Waals surface area contributed by atoms with Crippen molar-refractivity contribution in [3.05, 3.63) is 24.3 Å². The molecule has 1 atom stereocenters. The minimum Gasteiger partial charge on any atom is -0.399 e. The first-order valence-electron chi connectivity index (χ1n) is 5.67. The summed E-state index contributed by atoms with van der Waals surface area (Å²) < 4.78 is 0. The Bertz CT molecular complexity index is 327. The van der Waals surface area contributed by atoms with Crippen molar-refractivity contribution in [1.29, 1.82) is 0 Å². The highest BCUT2D eigenvalue weighted by Gasteiger charge is 2.30. The number of hydrogen-bond acceptors (Lipinski definition) is 2. The summed E-state index contributed by atoms with van der Waals surface area (Å²) in [7, 11) is 0. The normalized spacial score (nSPS) is 24.0. The molecule has 82 valence electrons. The minimum atomic E-state index is 0.505. The fraction of sp³-hybridized carbons (Fsp3) is 0.538. The van der Waals surface area contributed by atoms with E-state index in [0.717, 1.165) is 5.69 Å². The zero-order chi connectivity index (χ0) is 10.9. The maximum Gasteiger partial charge on any atom is 0.0343 e. The molecule has 1 aromatic rings. The molecular weight excluding hydrogens is 184 g/mol. The van der Waals surface area contributed by atoms with Gasteiger partial charge < -0.3 is 11.1 Å². The van der Waals surface area contributed by atoms with Crippen LogP contribution in [0.3, 0.4) is 0 Å². The third kappa shape index (κ3) is 2.65. The molecule has 0 spiro atoms. The molecular formula is C13H20N2. The predicted octanol–water partition coefficient (Wildman–Crippen LogP) is 3.26. The highest BCUT2D eigenvalue weighted by molar-refractivity contribution is 5.51. The van der Waals surface area contributed by atoms with Gasteiger partial charge in [-0.2, -0.15) is 0 Å². The molecule has 0 bridgehead atoms. The van der Waals surface area contributed by atoms with Crippen molar-refractivity contribution in [2.24, 2.45) is 5.41 Å². The topological polar surface area (TPSA) is 38.0 Å². The zero-order valence-corrected chi connectivity index (χ0v) is 9.59. The van der Waals surface area contributed by atoms with Gasteiger partial charge in [0, 0.05) is 17.4 Å². The fourth-order valence-corrected chi connectivity index (χ4v) is 2.37. The maximum absolute atomic E-state index is 5.65. The van der Waals surface area contributed by atoms with Gasteiger partial charge in [0.25, 0.3) is 0 Å². The van der Waals surface area contributed by atoms with Gasteiger partial charge in [-0.05, 0) is 48.9 Å². The van der Waals surface area contributed by atoms with Crippen LogP contribution in [0.2, 0.25) is 0 Å². The van der Waals surface area contributed by atoms with E-state index in [4.69, 9.17) is 5.73 Å². The van der Waals surface area contributed by atoms with Crippen molar-refractivity contribution < 1.29 is 0 Å². The van der Waals surface area contributed by atoms with Gasteiger partial charge in [-0.15, -0.1) is 0 Å². The molecule has 2 rings (SSSR count). The van der Waals surface area contributed by atoms with Crippen LogP contribution in [0.4, 0.5) is 11.4 Å². The molecule has 0 saturated heterocycles. The van der Waals surface area contributed by atoms with Crippen LogP contribution in [0.1, 0.15) is 33.1 Å². The summed E-state index contributed by atoms with van der Waals surface area (Å²) in [5, 5.41) is 3.57. The van der Waals surface area contributed by atoms with Gasteiger partial charge in [0.15, 0.2) is 0 Å². The van der Waals surface area contributed by atoms with E-state index in [1.165, 1.54) is 24.9 Å². The van der Waals surface area contributed by atoms with Crippen LogP contribution >= 0.6 is 0 Å². The average molecular weight is 204 g/mol. The lowest BCUT2D eigenvalue weighted by molar-refractivity contribution is 0.378. The number of rotatable bonds is 2. The monoisotopic (exact) mass is 204 g/mol. The number of benzene rings is 1. The van der Waals surface area contributed by atoms with E-state index >= 15 is 0 Å². The molecule has 2 heteroatoms. The average Bonchev–Trinajstić information content (AvgIpc) is 2.50. The molecule has 1 saturated carbocycles. The Hall–Kier alpha value is -1.18. The summed E-state index contributed by atoms with van der Waals surface area (Å²) in [6.07, 6.45) is 3.86. The fourth-order valence-electron chi connectivity index (χ4n) is 2.37. The summed E-state index contributed by atoms with van der Waals surface area (Å²) in [6, 6.07) is 8.63. The molecule has 0 aliphatic heterocycles. The second-order valence-corrected chi connectivity index (χ2v) is 5.37. The summed E-state index contributed by atoms with van der Waals surface area (Å²) in [4.78, 5) is 0. The second-order valence-electron chi connectivity index (χ2n) is 5.37. The van der Waals surface area contributed by atoms with Crippen molar-refractivity contribution in [3.63, 3.8) is 0 Å². The summed E-state index contributed by atoms with van der Waals surface area (Å²) in [5.74, 6) is 0. The summed E-state index contributed by atoms with van der Waals surface area (Å²) >= 11 is 0. The first-order valence-corrected chi connectivity index (χ1v) is 5.67. The van der Waals surface area contributed by atoms with Gasteiger partial charge in [-0.25, -0.2) is 0 Å². The van der Waals surface area contributed by atoms with Crippen LogP contribution in [0.25, 0.3) is 0 Å². The first-order chi connectivity index (χ1) is 7.05. The van der Waals surface area contributed by atoms with E-state index in [2.05, 4.69) is 31.3 Å². The van der Waals surface area contributed by atoms with Gasteiger partial charge in [0.2, 0.25) is 0 Å². The van der Waals surface area contributed by atoms with E-state index in [-0.39, 0.29) is 0 Å². The molecule has 3 N–H and O–H groups in total. The number of nitrogens with two attached hydrogens (primary N) is 1. The largest absolute Gasteiger partial charge is 0.399 e. The second kappa shape index (κ2) is 3.76. The van der Waals surface area contributed by atoms with E-state index in [9.17, 15) is 0 Å². The van der Waals surface area contributed by atoms with E-state index in [1.807, 2.05) is 12.1 Å². The maximum atomic E-state index is 5.65. The summed E-state index contributed by atoms with van der Waals surface area (Å²) in [5.41, 5.74) is 8.17. The molecule has 2 nitrogen and oxygen atoms in total. The Kier molecular flexibility index (Phi) is 2.59. The SMILES string of the molecule is CC1(C)CCC(Nc2ccc(N)cc2)C1. The van der Waals surface area contributed by atoms with Gasteiger partial charge >= 0.3 is 0 Å². The Balaban J connectivity index is 1.96. The molecule has 1 fully saturated rings. The van der Waals surface area contributed by atoms with Crippen molar-refractivity contribution in [2.75, 3.05) is 11.1 Å². The smallest absolute Gasteiger partial charge is 0.0343 e. The quantitative estimate of drug-likeness (QED) is 0.726. The highest BCUT2D eigenvalue weighted by atomic mass is 14.9. The molecule has 0 heterocycles. The number of nitrogens with one attached hydrogen (secondary N) is 1. The molecule has 1 unspecified atom stereocenters. The lowest BCUT2D eigenvalue weighted by atomic mass is 9.92. The van der Waals surface area contributed by atoms with E-state index < -0.39 is 0 Å². The molecule has 0 aromatic heterocycles. The third-order valence-electron chi connectivity index (χ3n) is 3.25. The number of anilines is 2. The van der Waals surface area contributed by atoms with Crippen molar-refractivity contribution in [1.82, 2.24) is 0 Å². The van der Waals surface area contributed by atoms with Crippen molar-refractivity contribution in [2.45, 2.75) is 39.2 Å². The predicted molar refractivity (Wildman–Crippen MR) is 65.9 cm³/mol. The van der Waals surface area contributed by atoms with Crippen LogP contribution in [0.5, 0.6) is 0 Å². The number of nitrogen functional groups attached to an aromatic ring is 1. The van der Waals surface area contributed by atoms with Gasteiger partial charge in [-0.1, -0.05) is 13.8 Å². The van der Waals surface area contributed by atoms with E-state index in [1.54, 1.807) is 0 Å². The third-order valence-corrected chi connectivity index (χ3v) is 3.25. The Morgan fingerprint density at radius 1 is 1.27 bits per heavy atom. The molecule has 1 aliphatic rings. The minimum absolute atomic E-state index is 0.505. The van der Waals surface area contributed by atoms with Gasteiger partial charge in [-0.3, -0.25) is 0 Å². The van der Waals surface area contributed by atoms with E-state index in [0.29, 0.717) is 11.5 Å². The van der Waals surface area contributed by atoms with Crippen LogP contribution in [-0.2, 0) is 0 Å². The molecule has 0 radical (unpaired) electrons. The Labute approximate surface area is 91.9 Å². The van der Waals surface area contributed by atoms with Crippen LogP contribution < -0.4 is 11.1 Å². The van der Waals surface area contributed by atoms with Crippen LogP contribution in [-0.4, -0.2) is 6.04 Å². The zero-order valence-electron chi connectivity index (χ0n) is 9.59. The van der Waals surface area contributed by atoms with Crippen molar-refractivity contribution in [3.8, 4) is 0 Å². The molecule has 0 amide bonds. The first kappa shape index (κ1) is 10.3. The standard InChI is InChI=1S/C13H20N2/c1-13(2)8-7-12(9-13)15-11-5-3-10(14)4-6-11/h3-6,12,15H,7-9,14H2,1-2H3. The Morgan fingerprint density at radius 3 is 2.47 bits per heavy atom. The van der Waals surface area contributed by atoms with Gasteiger partial charge in [0.1, 0.15) is 0 Å². The number of hydrogen-bond donors (Lipinski definition) is 2. The molecule has 1 aromatic carbocycles. The van der Waals surface area contributed by atoms with Gasteiger partial charge in [0.05, 0.1) is 0 Å². The molecule has 1 aliphatic carbocycles. The lowest BCUT2D eigenvalue weighted by Gasteiger charge is -2.18. The summed E-state index contributed by atoms with van der Waals surface area (Å²) in [6.45, 7) is 4.69. The van der Waals surface area contributed by atoms with Crippen LogP contribution in [0, 0.1) is 5.41 Å². The highest BCUT2D eigenvalue weighted by Crippen LogP contribution is 2.38. The lowest BCUT2D eigenvalue weighted by Crippen LogP contribution is -2.17. The molecule has 15 heavy (non-hydrogen) atoms.